The van der Waals surface area contributed by atoms with Crippen LogP contribution in [0.4, 0.5) is 0 Å². The van der Waals surface area contributed by atoms with Crippen molar-refractivity contribution in [3.63, 3.8) is 0 Å². The Morgan fingerprint density at radius 1 is 1.44 bits per heavy atom. The maximum absolute atomic E-state index is 8.63. The van der Waals surface area contributed by atoms with Crippen LogP contribution in [0.3, 0.4) is 0 Å². The molecule has 1 aliphatic rings. The minimum atomic E-state index is 0.703. The van der Waals surface area contributed by atoms with Gasteiger partial charge in [0.1, 0.15) is 5.75 Å². The van der Waals surface area contributed by atoms with E-state index in [-0.39, 0.29) is 0 Å². The summed E-state index contributed by atoms with van der Waals surface area (Å²) in [6.45, 7) is 4.18. The van der Waals surface area contributed by atoms with Gasteiger partial charge in [-0.05, 0) is 55.4 Å². The van der Waals surface area contributed by atoms with E-state index >= 15 is 0 Å². The largest absolute Gasteiger partial charge is 0.496 e. The van der Waals surface area contributed by atoms with Gasteiger partial charge >= 0.3 is 0 Å². The number of benzene rings is 1. The Hall–Kier alpha value is -1.51. The molecule has 0 amide bonds. The lowest BCUT2D eigenvalue weighted by Crippen LogP contribution is -2.00. The number of methoxy groups -OCH3 is 1. The third-order valence-corrected chi connectivity index (χ3v) is 3.19. The fourth-order valence-corrected chi connectivity index (χ4v) is 2.44. The average molecular weight is 219 g/mol. The summed E-state index contributed by atoms with van der Waals surface area (Å²) in [6.07, 6.45) is 3.98. The van der Waals surface area contributed by atoms with Gasteiger partial charge in [0.05, 0.1) is 13.3 Å². The first-order valence-corrected chi connectivity index (χ1v) is 5.54. The minimum Gasteiger partial charge on any atom is -0.496 e. The number of rotatable bonds is 3. The average Bonchev–Trinajstić information content (AvgIpc) is 3.02. The molecule has 0 atom stereocenters. The van der Waals surface area contributed by atoms with Gasteiger partial charge in [0, 0.05) is 5.56 Å². The number of aryl methyl sites for hydroxylation is 1. The molecule has 1 aliphatic carbocycles. The second kappa shape index (κ2) is 4.16. The zero-order valence-electron chi connectivity index (χ0n) is 9.95. The predicted octanol–water partition coefficient (Wildman–Crippen LogP) is 3.00. The van der Waals surface area contributed by atoms with E-state index in [0.29, 0.717) is 5.92 Å². The molecular weight excluding hydrogens is 202 g/mol. The summed E-state index contributed by atoms with van der Waals surface area (Å²) in [5.41, 5.74) is 4.69. The van der Waals surface area contributed by atoms with Crippen LogP contribution in [0.15, 0.2) is 11.2 Å². The molecule has 3 heteroatoms. The van der Waals surface area contributed by atoms with Crippen LogP contribution in [0.25, 0.3) is 0 Å². The zero-order chi connectivity index (χ0) is 11.7. The molecule has 0 aromatic heterocycles. The van der Waals surface area contributed by atoms with Crippen molar-refractivity contribution < 1.29 is 9.94 Å². The molecule has 2 rings (SSSR count). The van der Waals surface area contributed by atoms with Gasteiger partial charge in [0.2, 0.25) is 0 Å². The van der Waals surface area contributed by atoms with Crippen LogP contribution in [0.5, 0.6) is 5.75 Å². The van der Waals surface area contributed by atoms with Crippen LogP contribution in [-0.2, 0) is 0 Å². The Balaban J connectivity index is 2.58. The molecule has 1 saturated carbocycles. The molecule has 0 unspecified atom stereocenters. The molecular formula is C13H17NO2. The summed E-state index contributed by atoms with van der Waals surface area (Å²) in [6, 6.07) is 2.03. The second-order valence-corrected chi connectivity index (χ2v) is 4.37. The third-order valence-electron chi connectivity index (χ3n) is 3.19. The van der Waals surface area contributed by atoms with Crippen molar-refractivity contribution in [1.29, 1.82) is 0 Å². The molecule has 16 heavy (non-hydrogen) atoms. The Morgan fingerprint density at radius 3 is 2.62 bits per heavy atom. The highest BCUT2D eigenvalue weighted by Crippen LogP contribution is 2.45. The molecule has 0 spiro atoms. The predicted molar refractivity (Wildman–Crippen MR) is 63.8 cm³/mol. The van der Waals surface area contributed by atoms with Gasteiger partial charge in [-0.2, -0.15) is 0 Å². The first-order valence-electron chi connectivity index (χ1n) is 5.54. The number of nitrogens with zero attached hydrogens (tertiary/aromatic N) is 1. The van der Waals surface area contributed by atoms with Crippen molar-refractivity contribution in [1.82, 2.24) is 0 Å². The summed E-state index contributed by atoms with van der Waals surface area (Å²) < 4.78 is 5.40. The van der Waals surface area contributed by atoms with Crippen LogP contribution < -0.4 is 4.74 Å². The van der Waals surface area contributed by atoms with Crippen LogP contribution in [-0.4, -0.2) is 18.5 Å². The lowest BCUT2D eigenvalue weighted by Gasteiger charge is -2.15. The standard InChI is InChI=1S/C13H17NO2/c1-8-6-11(7-14-15)13(16-3)9(2)12(8)10-4-5-10/h6-7,10,15H,4-5H2,1-3H3. The third kappa shape index (κ3) is 1.77. The monoisotopic (exact) mass is 219 g/mol. The highest BCUT2D eigenvalue weighted by atomic mass is 16.5. The van der Waals surface area contributed by atoms with Gasteiger partial charge in [-0.15, -0.1) is 0 Å². The van der Waals surface area contributed by atoms with E-state index < -0.39 is 0 Å². The van der Waals surface area contributed by atoms with Crippen LogP contribution in [0.2, 0.25) is 0 Å². The fourth-order valence-electron chi connectivity index (χ4n) is 2.44. The summed E-state index contributed by atoms with van der Waals surface area (Å²) >= 11 is 0. The molecule has 1 aromatic carbocycles. The van der Waals surface area contributed by atoms with E-state index in [1.807, 2.05) is 6.07 Å². The summed E-state index contributed by atoms with van der Waals surface area (Å²) in [5, 5.41) is 11.7. The zero-order valence-corrected chi connectivity index (χ0v) is 9.95. The smallest absolute Gasteiger partial charge is 0.130 e. The summed E-state index contributed by atoms with van der Waals surface area (Å²) in [5.74, 6) is 1.53. The van der Waals surface area contributed by atoms with Crippen molar-refractivity contribution in [3.8, 4) is 5.75 Å². The van der Waals surface area contributed by atoms with E-state index in [2.05, 4.69) is 19.0 Å². The maximum atomic E-state index is 8.63. The number of hydrogen-bond donors (Lipinski definition) is 1. The molecule has 0 aliphatic heterocycles. The molecule has 0 bridgehead atoms. The minimum absolute atomic E-state index is 0.703. The van der Waals surface area contributed by atoms with Crippen molar-refractivity contribution in [2.75, 3.05) is 7.11 Å². The van der Waals surface area contributed by atoms with Crippen molar-refractivity contribution in [2.24, 2.45) is 5.16 Å². The molecule has 0 radical (unpaired) electrons. The first-order chi connectivity index (χ1) is 7.69. The van der Waals surface area contributed by atoms with Gasteiger partial charge in [0.15, 0.2) is 0 Å². The molecule has 3 nitrogen and oxygen atoms in total. The number of ether oxygens (including phenoxy) is 1. The van der Waals surface area contributed by atoms with Crippen LogP contribution in [0, 0.1) is 13.8 Å². The highest BCUT2D eigenvalue weighted by Gasteiger charge is 2.28. The van der Waals surface area contributed by atoms with Crippen molar-refractivity contribution >= 4 is 6.21 Å². The Morgan fingerprint density at radius 2 is 2.12 bits per heavy atom. The molecule has 86 valence electrons. The Kier molecular flexibility index (Phi) is 2.86. The quantitative estimate of drug-likeness (QED) is 0.482. The van der Waals surface area contributed by atoms with Gasteiger partial charge < -0.3 is 9.94 Å². The number of hydrogen-bond acceptors (Lipinski definition) is 3. The van der Waals surface area contributed by atoms with E-state index in [0.717, 1.165) is 11.3 Å². The fraction of sp³-hybridized carbons (Fsp3) is 0.462. The SMILES string of the molecule is COc1c(C=NO)cc(C)c(C2CC2)c1C. The normalized spacial score (nSPS) is 15.7. The van der Waals surface area contributed by atoms with Gasteiger partial charge in [-0.3, -0.25) is 0 Å². The van der Waals surface area contributed by atoms with E-state index in [4.69, 9.17) is 9.94 Å². The molecule has 1 fully saturated rings. The lowest BCUT2D eigenvalue weighted by molar-refractivity contribution is 0.321. The topological polar surface area (TPSA) is 41.8 Å². The maximum Gasteiger partial charge on any atom is 0.130 e. The summed E-state index contributed by atoms with van der Waals surface area (Å²) in [4.78, 5) is 0. The Labute approximate surface area is 95.7 Å². The first kappa shape index (κ1) is 11.0. The lowest BCUT2D eigenvalue weighted by atomic mass is 9.95. The van der Waals surface area contributed by atoms with Crippen LogP contribution >= 0.6 is 0 Å². The molecule has 1 N–H and O–H groups in total. The Bertz CT molecular complexity index is 434. The van der Waals surface area contributed by atoms with Crippen molar-refractivity contribution in [2.45, 2.75) is 32.6 Å². The number of oxime groups is 1. The van der Waals surface area contributed by atoms with Crippen LogP contribution in [0.1, 0.15) is 41.0 Å². The van der Waals surface area contributed by atoms with E-state index in [1.165, 1.54) is 35.7 Å². The second-order valence-electron chi connectivity index (χ2n) is 4.37. The van der Waals surface area contributed by atoms with Crippen molar-refractivity contribution in [3.05, 3.63) is 28.3 Å². The molecule has 0 heterocycles. The van der Waals surface area contributed by atoms with Gasteiger partial charge in [0.25, 0.3) is 0 Å². The summed E-state index contributed by atoms with van der Waals surface area (Å²) in [7, 11) is 1.66. The molecule has 0 saturated heterocycles. The van der Waals surface area contributed by atoms with Gasteiger partial charge in [-0.1, -0.05) is 5.16 Å². The van der Waals surface area contributed by atoms with Gasteiger partial charge in [-0.25, -0.2) is 0 Å². The van der Waals surface area contributed by atoms with E-state index in [1.54, 1.807) is 7.11 Å². The highest BCUT2D eigenvalue weighted by molar-refractivity contribution is 5.85. The van der Waals surface area contributed by atoms with E-state index in [9.17, 15) is 0 Å². The molecule has 1 aromatic rings.